The van der Waals surface area contributed by atoms with Gasteiger partial charge in [-0.15, -0.1) is 0 Å². The second-order valence-electron chi connectivity index (χ2n) is 9.07. The van der Waals surface area contributed by atoms with Crippen LogP contribution in [0.5, 0.6) is 5.88 Å². The number of amides is 2. The zero-order valence-electron chi connectivity index (χ0n) is 18.7. The standard InChI is InChI=1S/C27H29N3O3/c31-26(29-17-20-10-11-25(28-16-20)33-18-19-8-9-19)22-12-14-30(15-13-22)27(32)24-7-3-5-21-4-1-2-6-23(21)24/h1-7,10-11,16,19,22H,8-9,12-15,17-18H2,(H,29,31). The molecule has 2 amide bonds. The molecule has 5 rings (SSSR count). The van der Waals surface area contributed by atoms with Crippen LogP contribution in [0, 0.1) is 11.8 Å². The van der Waals surface area contributed by atoms with Crippen LogP contribution in [-0.4, -0.2) is 41.4 Å². The minimum atomic E-state index is -0.0734. The Morgan fingerprint density at radius 3 is 2.52 bits per heavy atom. The summed E-state index contributed by atoms with van der Waals surface area (Å²) in [5.41, 5.74) is 1.68. The van der Waals surface area contributed by atoms with Crippen LogP contribution in [0.25, 0.3) is 10.8 Å². The highest BCUT2D eigenvalue weighted by atomic mass is 16.5. The highest BCUT2D eigenvalue weighted by Crippen LogP contribution is 2.29. The van der Waals surface area contributed by atoms with Crippen LogP contribution in [0.3, 0.4) is 0 Å². The van der Waals surface area contributed by atoms with E-state index in [0.717, 1.165) is 28.5 Å². The molecule has 2 aliphatic rings. The molecule has 1 saturated heterocycles. The number of pyridine rings is 1. The molecule has 170 valence electrons. The molecule has 6 heteroatoms. The molecule has 1 aliphatic carbocycles. The number of rotatable bonds is 7. The van der Waals surface area contributed by atoms with Gasteiger partial charge in [0.25, 0.3) is 5.91 Å². The van der Waals surface area contributed by atoms with Gasteiger partial charge < -0.3 is 15.0 Å². The van der Waals surface area contributed by atoms with Crippen LogP contribution in [0.4, 0.5) is 0 Å². The van der Waals surface area contributed by atoms with Gasteiger partial charge in [0.15, 0.2) is 0 Å². The van der Waals surface area contributed by atoms with Crippen LogP contribution in [0.2, 0.25) is 0 Å². The van der Waals surface area contributed by atoms with Crippen molar-refractivity contribution in [1.29, 1.82) is 0 Å². The van der Waals surface area contributed by atoms with Crippen molar-refractivity contribution in [3.63, 3.8) is 0 Å². The maximum Gasteiger partial charge on any atom is 0.254 e. The summed E-state index contributed by atoms with van der Waals surface area (Å²) in [5, 5.41) is 5.06. The Labute approximate surface area is 194 Å². The first-order chi connectivity index (χ1) is 16.2. The summed E-state index contributed by atoms with van der Waals surface area (Å²) in [6.45, 7) is 2.37. The Hall–Kier alpha value is -3.41. The number of nitrogens with zero attached hydrogens (tertiary/aromatic N) is 2. The fourth-order valence-corrected chi connectivity index (χ4v) is 4.35. The van der Waals surface area contributed by atoms with Crippen LogP contribution in [-0.2, 0) is 11.3 Å². The monoisotopic (exact) mass is 443 g/mol. The first kappa shape index (κ1) is 21.4. The van der Waals surface area contributed by atoms with E-state index in [2.05, 4.69) is 10.3 Å². The van der Waals surface area contributed by atoms with Gasteiger partial charge in [0.2, 0.25) is 11.8 Å². The molecule has 3 aromatic rings. The van der Waals surface area contributed by atoms with Gasteiger partial charge in [-0.05, 0) is 54.0 Å². The van der Waals surface area contributed by atoms with E-state index in [4.69, 9.17) is 4.74 Å². The number of hydrogen-bond acceptors (Lipinski definition) is 4. The van der Waals surface area contributed by atoms with Gasteiger partial charge in [0.05, 0.1) is 6.61 Å². The lowest BCUT2D eigenvalue weighted by molar-refractivity contribution is -0.126. The quantitative estimate of drug-likeness (QED) is 0.594. The zero-order chi connectivity index (χ0) is 22.6. The lowest BCUT2D eigenvalue weighted by Crippen LogP contribution is -2.43. The summed E-state index contributed by atoms with van der Waals surface area (Å²) >= 11 is 0. The minimum absolute atomic E-state index is 0.0423. The van der Waals surface area contributed by atoms with Gasteiger partial charge in [-0.2, -0.15) is 0 Å². The predicted octanol–water partition coefficient (Wildman–Crippen LogP) is 4.19. The van der Waals surface area contributed by atoms with E-state index >= 15 is 0 Å². The Balaban J connectivity index is 1.11. The molecule has 1 aromatic heterocycles. The zero-order valence-corrected chi connectivity index (χ0v) is 18.7. The molecule has 2 fully saturated rings. The van der Waals surface area contributed by atoms with Crippen molar-refractivity contribution in [2.24, 2.45) is 11.8 Å². The highest BCUT2D eigenvalue weighted by Gasteiger charge is 2.28. The molecule has 1 aliphatic heterocycles. The molecule has 2 heterocycles. The molecule has 6 nitrogen and oxygen atoms in total. The van der Waals surface area contributed by atoms with E-state index in [0.29, 0.717) is 44.3 Å². The molecule has 2 aromatic carbocycles. The molecule has 0 radical (unpaired) electrons. The fraction of sp³-hybridized carbons (Fsp3) is 0.370. The van der Waals surface area contributed by atoms with Gasteiger partial charge in [-0.1, -0.05) is 42.5 Å². The third-order valence-electron chi connectivity index (χ3n) is 6.60. The fourth-order valence-electron chi connectivity index (χ4n) is 4.35. The molecule has 0 spiro atoms. The van der Waals surface area contributed by atoms with Crippen molar-refractivity contribution in [2.75, 3.05) is 19.7 Å². The van der Waals surface area contributed by atoms with Crippen molar-refractivity contribution >= 4 is 22.6 Å². The van der Waals surface area contributed by atoms with Crippen molar-refractivity contribution in [3.8, 4) is 5.88 Å². The molecule has 1 saturated carbocycles. The summed E-state index contributed by atoms with van der Waals surface area (Å²) in [5.74, 6) is 1.34. The number of carbonyl (C=O) groups is 2. The number of carbonyl (C=O) groups excluding carboxylic acids is 2. The van der Waals surface area contributed by atoms with Gasteiger partial charge in [-0.25, -0.2) is 4.98 Å². The number of aromatic nitrogens is 1. The maximum absolute atomic E-state index is 13.1. The van der Waals surface area contributed by atoms with Crippen LogP contribution in [0.1, 0.15) is 41.6 Å². The molecule has 0 atom stereocenters. The second kappa shape index (κ2) is 9.61. The van der Waals surface area contributed by atoms with E-state index in [1.54, 1.807) is 6.20 Å². The average molecular weight is 444 g/mol. The normalized spacial score (nSPS) is 16.5. The van der Waals surface area contributed by atoms with Crippen molar-refractivity contribution < 1.29 is 14.3 Å². The first-order valence-corrected chi connectivity index (χ1v) is 11.8. The van der Waals surface area contributed by atoms with E-state index < -0.39 is 0 Å². The second-order valence-corrected chi connectivity index (χ2v) is 9.07. The van der Waals surface area contributed by atoms with Crippen LogP contribution >= 0.6 is 0 Å². The minimum Gasteiger partial charge on any atom is -0.477 e. The summed E-state index contributed by atoms with van der Waals surface area (Å²) in [6, 6.07) is 17.6. The molecular weight excluding hydrogens is 414 g/mol. The third kappa shape index (κ3) is 5.16. The maximum atomic E-state index is 13.1. The summed E-state index contributed by atoms with van der Waals surface area (Å²) in [6.07, 6.45) is 5.61. The lowest BCUT2D eigenvalue weighted by Gasteiger charge is -2.31. The summed E-state index contributed by atoms with van der Waals surface area (Å²) < 4.78 is 5.66. The molecule has 33 heavy (non-hydrogen) atoms. The number of ether oxygens (including phenoxy) is 1. The first-order valence-electron chi connectivity index (χ1n) is 11.8. The van der Waals surface area contributed by atoms with E-state index in [1.807, 2.05) is 59.5 Å². The highest BCUT2D eigenvalue weighted by molar-refractivity contribution is 6.07. The molecule has 0 unspecified atom stereocenters. The lowest BCUT2D eigenvalue weighted by atomic mass is 9.94. The van der Waals surface area contributed by atoms with E-state index in [9.17, 15) is 9.59 Å². The smallest absolute Gasteiger partial charge is 0.254 e. The number of fused-ring (bicyclic) bond motifs is 1. The van der Waals surface area contributed by atoms with Gasteiger partial charge in [0.1, 0.15) is 0 Å². The number of piperidine rings is 1. The Morgan fingerprint density at radius 2 is 1.76 bits per heavy atom. The average Bonchev–Trinajstić information content (AvgIpc) is 3.71. The number of likely N-dealkylation sites (tertiary alicyclic amines) is 1. The SMILES string of the molecule is O=C(NCc1ccc(OCC2CC2)nc1)C1CCN(C(=O)c2cccc3ccccc23)CC1. The van der Waals surface area contributed by atoms with Gasteiger partial charge in [0, 0.05) is 43.4 Å². The van der Waals surface area contributed by atoms with Crippen LogP contribution < -0.4 is 10.1 Å². The van der Waals surface area contributed by atoms with Gasteiger partial charge >= 0.3 is 0 Å². The van der Waals surface area contributed by atoms with Crippen molar-refractivity contribution in [1.82, 2.24) is 15.2 Å². The molecule has 0 bridgehead atoms. The number of hydrogen-bond donors (Lipinski definition) is 1. The van der Waals surface area contributed by atoms with E-state index in [-0.39, 0.29) is 17.7 Å². The van der Waals surface area contributed by atoms with Gasteiger partial charge in [-0.3, -0.25) is 9.59 Å². The van der Waals surface area contributed by atoms with Crippen molar-refractivity contribution in [2.45, 2.75) is 32.2 Å². The largest absolute Gasteiger partial charge is 0.477 e. The third-order valence-corrected chi connectivity index (χ3v) is 6.60. The Kier molecular flexibility index (Phi) is 6.24. The topological polar surface area (TPSA) is 71.5 Å². The Bertz CT molecular complexity index is 1130. The number of nitrogens with one attached hydrogen (secondary N) is 1. The molecular formula is C27H29N3O3. The van der Waals surface area contributed by atoms with Crippen molar-refractivity contribution in [3.05, 3.63) is 71.9 Å². The molecule has 1 N–H and O–H groups in total. The summed E-state index contributed by atoms with van der Waals surface area (Å²) in [4.78, 5) is 32.0. The Morgan fingerprint density at radius 1 is 0.970 bits per heavy atom. The number of benzene rings is 2. The summed E-state index contributed by atoms with van der Waals surface area (Å²) in [7, 11) is 0. The van der Waals surface area contributed by atoms with E-state index in [1.165, 1.54) is 12.8 Å². The predicted molar refractivity (Wildman–Crippen MR) is 127 cm³/mol. The van der Waals surface area contributed by atoms with Crippen LogP contribution in [0.15, 0.2) is 60.8 Å².